The van der Waals surface area contributed by atoms with Crippen LogP contribution in [0.15, 0.2) is 200 Å². The number of rotatable bonds is 6. The number of nitrogen functional groups attached to an aromatic ring is 1. The highest BCUT2D eigenvalue weighted by Crippen LogP contribution is 2.62. The molecule has 2 N–H and O–H groups in total. The van der Waals surface area contributed by atoms with Crippen LogP contribution in [0.2, 0.25) is 0 Å². The minimum atomic E-state index is -0.551. The summed E-state index contributed by atoms with van der Waals surface area (Å²) in [4.78, 5) is 10.2. The highest BCUT2D eigenvalue weighted by Gasteiger charge is 2.48. The molecule has 0 atom stereocenters. The minimum absolute atomic E-state index is 0.551. The van der Waals surface area contributed by atoms with Gasteiger partial charge in [0, 0.05) is 27.9 Å². The Morgan fingerprint density at radius 1 is 0.397 bits per heavy atom. The molecule has 1 aliphatic heterocycles. The standard InChI is InChI=1S/C53H35N3O2/c54-41-23-13-17-36(31-41)35-16-12-18-37(30-35)45-33-46(56-52(55-45)34-14-4-1-5-15-34)38-26-28-47-49(32-38)58-51-48(57-47)29-27-44-50(51)42-24-10-11-25-43(42)53(44,39-19-6-2-7-20-39)40-21-8-3-9-22-40/h1-33H,54H2. The molecule has 5 nitrogen and oxygen atoms in total. The number of anilines is 1. The van der Waals surface area contributed by atoms with Gasteiger partial charge in [-0.25, -0.2) is 9.97 Å². The smallest absolute Gasteiger partial charge is 0.178 e. The van der Waals surface area contributed by atoms with Crippen molar-refractivity contribution in [3.05, 3.63) is 222 Å². The van der Waals surface area contributed by atoms with E-state index < -0.39 is 5.41 Å². The van der Waals surface area contributed by atoms with Crippen molar-refractivity contribution >= 4 is 5.69 Å². The van der Waals surface area contributed by atoms with E-state index in [0.717, 1.165) is 61.6 Å². The number of ether oxygens (including phenoxy) is 2. The first-order valence-corrected chi connectivity index (χ1v) is 19.4. The molecule has 0 saturated carbocycles. The maximum Gasteiger partial charge on any atom is 0.178 e. The first-order valence-electron chi connectivity index (χ1n) is 19.4. The number of hydrogen-bond acceptors (Lipinski definition) is 5. The minimum Gasteiger partial charge on any atom is -0.449 e. The second kappa shape index (κ2) is 13.5. The predicted molar refractivity (Wildman–Crippen MR) is 232 cm³/mol. The molecule has 5 heteroatoms. The molecule has 0 fully saturated rings. The maximum absolute atomic E-state index is 7.03. The van der Waals surface area contributed by atoms with Crippen molar-refractivity contribution in [3.8, 4) is 79.2 Å². The number of hydrogen-bond donors (Lipinski definition) is 1. The SMILES string of the molecule is Nc1cccc(-c2cccc(-c3cc(-c4ccc5c(c4)Oc4c(ccc6c4-c4ccccc4C6(c4ccccc4)c4ccccc4)O5)nc(-c4ccccc4)n3)c2)c1. The second-order valence-electron chi connectivity index (χ2n) is 14.7. The zero-order chi connectivity index (χ0) is 38.6. The van der Waals surface area contributed by atoms with Crippen molar-refractivity contribution in [2.75, 3.05) is 5.73 Å². The lowest BCUT2D eigenvalue weighted by atomic mass is 9.68. The molecule has 58 heavy (non-hydrogen) atoms. The third kappa shape index (κ3) is 5.40. The largest absolute Gasteiger partial charge is 0.449 e. The Kier molecular flexibility index (Phi) is 7.79. The van der Waals surface area contributed by atoms with E-state index in [1.807, 2.05) is 72.8 Å². The summed E-state index contributed by atoms with van der Waals surface area (Å²) < 4.78 is 13.7. The van der Waals surface area contributed by atoms with Crippen molar-refractivity contribution in [2.24, 2.45) is 0 Å². The molecule has 9 aromatic rings. The lowest BCUT2D eigenvalue weighted by molar-refractivity contribution is 0.360. The fraction of sp³-hybridized carbons (Fsp3) is 0.0189. The van der Waals surface area contributed by atoms with Crippen LogP contribution in [-0.2, 0) is 5.41 Å². The van der Waals surface area contributed by atoms with E-state index in [-0.39, 0.29) is 0 Å². The summed E-state index contributed by atoms with van der Waals surface area (Å²) in [6.07, 6.45) is 0. The average molecular weight is 746 g/mol. The normalized spacial score (nSPS) is 13.0. The van der Waals surface area contributed by atoms with Crippen molar-refractivity contribution in [2.45, 2.75) is 5.41 Å². The lowest BCUT2D eigenvalue weighted by Gasteiger charge is -2.34. The summed E-state index contributed by atoms with van der Waals surface area (Å²) in [7, 11) is 0. The quantitative estimate of drug-likeness (QED) is 0.172. The summed E-state index contributed by atoms with van der Waals surface area (Å²) >= 11 is 0. The maximum atomic E-state index is 7.03. The molecule has 2 aliphatic rings. The van der Waals surface area contributed by atoms with E-state index in [1.165, 1.54) is 16.7 Å². The van der Waals surface area contributed by atoms with Gasteiger partial charge in [-0.1, -0.05) is 152 Å². The van der Waals surface area contributed by atoms with E-state index in [0.29, 0.717) is 28.8 Å². The van der Waals surface area contributed by atoms with Gasteiger partial charge in [0.25, 0.3) is 0 Å². The van der Waals surface area contributed by atoms with Gasteiger partial charge in [-0.05, 0) is 87.5 Å². The Balaban J connectivity index is 1.05. The van der Waals surface area contributed by atoms with E-state index in [4.69, 9.17) is 25.2 Å². The molecule has 1 aromatic heterocycles. The molecular weight excluding hydrogens is 711 g/mol. The molecule has 0 radical (unpaired) electrons. The summed E-state index contributed by atoms with van der Waals surface area (Å²) in [5.41, 5.74) is 19.7. The number of benzene rings is 8. The van der Waals surface area contributed by atoms with Crippen LogP contribution in [0.25, 0.3) is 56.2 Å². The van der Waals surface area contributed by atoms with Gasteiger partial charge in [0.05, 0.1) is 16.8 Å². The molecule has 0 bridgehead atoms. The molecule has 11 rings (SSSR count). The van der Waals surface area contributed by atoms with Gasteiger partial charge in [-0.2, -0.15) is 0 Å². The second-order valence-corrected chi connectivity index (χ2v) is 14.7. The van der Waals surface area contributed by atoms with Crippen LogP contribution in [0, 0.1) is 0 Å². The number of nitrogens with zero attached hydrogens (tertiary/aromatic N) is 2. The zero-order valence-corrected chi connectivity index (χ0v) is 31.3. The molecule has 274 valence electrons. The van der Waals surface area contributed by atoms with E-state index in [1.54, 1.807) is 0 Å². The van der Waals surface area contributed by atoms with E-state index >= 15 is 0 Å². The third-order valence-electron chi connectivity index (χ3n) is 11.3. The molecule has 0 unspecified atom stereocenters. The molecule has 2 heterocycles. The van der Waals surface area contributed by atoms with Crippen LogP contribution in [-0.4, -0.2) is 9.97 Å². The average Bonchev–Trinajstić information content (AvgIpc) is 3.60. The highest BCUT2D eigenvalue weighted by molar-refractivity contribution is 5.92. The van der Waals surface area contributed by atoms with Crippen molar-refractivity contribution in [1.29, 1.82) is 0 Å². The predicted octanol–water partition coefficient (Wildman–Crippen LogP) is 13.0. The van der Waals surface area contributed by atoms with Crippen LogP contribution >= 0.6 is 0 Å². The third-order valence-corrected chi connectivity index (χ3v) is 11.3. The van der Waals surface area contributed by atoms with Crippen molar-refractivity contribution in [1.82, 2.24) is 9.97 Å². The number of fused-ring (bicyclic) bond motifs is 6. The van der Waals surface area contributed by atoms with Crippen LogP contribution in [0.5, 0.6) is 23.0 Å². The monoisotopic (exact) mass is 745 g/mol. The van der Waals surface area contributed by atoms with E-state index in [2.05, 4.69) is 127 Å². The lowest BCUT2D eigenvalue weighted by Crippen LogP contribution is -2.28. The fourth-order valence-corrected chi connectivity index (χ4v) is 8.76. The summed E-state index contributed by atoms with van der Waals surface area (Å²) in [6, 6.07) is 69.0. The Bertz CT molecular complexity index is 2980. The molecule has 0 amide bonds. The Morgan fingerprint density at radius 2 is 0.983 bits per heavy atom. The van der Waals surface area contributed by atoms with Gasteiger partial charge in [0.2, 0.25) is 0 Å². The topological polar surface area (TPSA) is 70.3 Å². The fourth-order valence-electron chi connectivity index (χ4n) is 8.76. The van der Waals surface area contributed by atoms with E-state index in [9.17, 15) is 0 Å². The molecule has 0 spiro atoms. The molecule has 1 aliphatic carbocycles. The zero-order valence-electron chi connectivity index (χ0n) is 31.3. The number of aromatic nitrogens is 2. The molecular formula is C53H35N3O2. The van der Waals surface area contributed by atoms with Gasteiger partial charge >= 0.3 is 0 Å². The van der Waals surface area contributed by atoms with Crippen LogP contribution in [0.3, 0.4) is 0 Å². The molecule has 8 aromatic carbocycles. The first-order chi connectivity index (χ1) is 28.6. The number of nitrogens with two attached hydrogens (primary N) is 1. The van der Waals surface area contributed by atoms with Gasteiger partial charge < -0.3 is 15.2 Å². The Morgan fingerprint density at radius 3 is 1.71 bits per heavy atom. The van der Waals surface area contributed by atoms with Crippen molar-refractivity contribution < 1.29 is 9.47 Å². The summed E-state index contributed by atoms with van der Waals surface area (Å²) in [5.74, 6) is 3.29. The van der Waals surface area contributed by atoms with Crippen molar-refractivity contribution in [3.63, 3.8) is 0 Å². The Hall–Kier alpha value is -7.76. The van der Waals surface area contributed by atoms with Gasteiger partial charge in [0.1, 0.15) is 0 Å². The first kappa shape index (κ1) is 33.6. The summed E-state index contributed by atoms with van der Waals surface area (Å²) in [6.45, 7) is 0. The highest BCUT2D eigenvalue weighted by atomic mass is 16.6. The van der Waals surface area contributed by atoms with Gasteiger partial charge in [-0.15, -0.1) is 0 Å². The van der Waals surface area contributed by atoms with Crippen LogP contribution < -0.4 is 15.2 Å². The van der Waals surface area contributed by atoms with Crippen LogP contribution in [0.1, 0.15) is 22.3 Å². The molecule has 0 saturated heterocycles. The Labute approximate surface area is 336 Å². The summed E-state index contributed by atoms with van der Waals surface area (Å²) in [5, 5.41) is 0. The van der Waals surface area contributed by atoms with Gasteiger partial charge in [0.15, 0.2) is 28.8 Å². The van der Waals surface area contributed by atoms with Crippen LogP contribution in [0.4, 0.5) is 5.69 Å². The van der Waals surface area contributed by atoms with Gasteiger partial charge in [-0.3, -0.25) is 0 Å².